The average molecular weight is 320 g/mol. The van der Waals surface area contributed by atoms with Crippen LogP contribution in [0.15, 0.2) is 18.5 Å². The van der Waals surface area contributed by atoms with Crippen molar-refractivity contribution in [2.45, 2.75) is 50.0 Å². The van der Waals surface area contributed by atoms with Crippen molar-refractivity contribution < 1.29 is 14.3 Å². The Labute approximate surface area is 135 Å². The van der Waals surface area contributed by atoms with Crippen molar-refractivity contribution in [1.29, 1.82) is 0 Å². The summed E-state index contributed by atoms with van der Waals surface area (Å²) < 4.78 is 14.0. The Hall–Kier alpha value is -1.60. The van der Waals surface area contributed by atoms with Gasteiger partial charge in [0.1, 0.15) is 5.60 Å². The van der Waals surface area contributed by atoms with Gasteiger partial charge in [0.15, 0.2) is 0 Å². The minimum atomic E-state index is -0.366. The number of nitrogens with one attached hydrogen (secondary N) is 1. The highest BCUT2D eigenvalue weighted by molar-refractivity contribution is 5.75. The third kappa shape index (κ3) is 3.50. The Kier molecular flexibility index (Phi) is 3.98. The Balaban J connectivity index is 1.39. The zero-order valence-corrected chi connectivity index (χ0v) is 13.3. The predicted molar refractivity (Wildman–Crippen MR) is 83.0 cm³/mol. The molecule has 0 aromatic carbocycles. The first kappa shape index (κ1) is 15.0. The van der Waals surface area contributed by atoms with Crippen LogP contribution >= 0.6 is 0 Å². The predicted octanol–water partition coefficient (Wildman–Crippen LogP) is 1.01. The van der Waals surface area contributed by atoms with Crippen molar-refractivity contribution in [2.75, 3.05) is 26.3 Å². The average Bonchev–Trinajstić information content (AvgIpc) is 3.11. The zero-order valence-electron chi connectivity index (χ0n) is 13.3. The molecule has 1 saturated carbocycles. The number of carbonyl (C=O) groups excluding carboxylic acids is 1. The molecule has 7 heteroatoms. The van der Waals surface area contributed by atoms with Crippen molar-refractivity contribution in [3.63, 3.8) is 0 Å². The molecule has 7 nitrogen and oxygen atoms in total. The highest BCUT2D eigenvalue weighted by Gasteiger charge is 2.44. The maximum Gasteiger partial charge on any atom is 0.317 e. The van der Waals surface area contributed by atoms with Gasteiger partial charge in [-0.2, -0.15) is 5.10 Å². The Morgan fingerprint density at radius 2 is 2.30 bits per heavy atom. The van der Waals surface area contributed by atoms with E-state index >= 15 is 0 Å². The lowest BCUT2D eigenvalue weighted by atomic mass is 10.0. The Morgan fingerprint density at radius 1 is 1.39 bits per heavy atom. The minimum absolute atomic E-state index is 0.0245. The molecule has 0 bridgehead atoms. The molecule has 1 aromatic rings. The van der Waals surface area contributed by atoms with Crippen molar-refractivity contribution in [2.24, 2.45) is 0 Å². The number of aromatic nitrogens is 2. The lowest BCUT2D eigenvalue weighted by Crippen LogP contribution is -2.50. The molecule has 1 aliphatic carbocycles. The molecule has 23 heavy (non-hydrogen) atoms. The fourth-order valence-electron chi connectivity index (χ4n) is 3.44. The van der Waals surface area contributed by atoms with Gasteiger partial charge in [0, 0.05) is 25.0 Å². The normalized spacial score (nSPS) is 31.3. The van der Waals surface area contributed by atoms with Gasteiger partial charge < -0.3 is 19.7 Å². The molecule has 3 heterocycles. The molecule has 2 saturated heterocycles. The first-order valence-corrected chi connectivity index (χ1v) is 8.51. The van der Waals surface area contributed by atoms with Gasteiger partial charge in [0.2, 0.25) is 0 Å². The van der Waals surface area contributed by atoms with E-state index in [4.69, 9.17) is 9.47 Å². The van der Waals surface area contributed by atoms with Gasteiger partial charge in [-0.15, -0.1) is 0 Å². The number of ether oxygens (including phenoxy) is 2. The van der Waals surface area contributed by atoms with E-state index in [2.05, 4.69) is 10.4 Å². The summed E-state index contributed by atoms with van der Waals surface area (Å²) in [6.45, 7) is 3.14. The molecule has 1 aromatic heterocycles. The summed E-state index contributed by atoms with van der Waals surface area (Å²) in [4.78, 5) is 14.2. The van der Waals surface area contributed by atoms with Crippen LogP contribution in [-0.4, -0.2) is 64.8 Å². The van der Waals surface area contributed by atoms with Gasteiger partial charge in [0.25, 0.3) is 0 Å². The fourth-order valence-corrected chi connectivity index (χ4v) is 3.44. The molecule has 2 aliphatic heterocycles. The van der Waals surface area contributed by atoms with Gasteiger partial charge in [-0.25, -0.2) is 4.79 Å². The molecule has 1 spiro atoms. The van der Waals surface area contributed by atoms with E-state index in [1.807, 2.05) is 21.8 Å². The van der Waals surface area contributed by atoms with Crippen LogP contribution in [0.2, 0.25) is 0 Å². The van der Waals surface area contributed by atoms with Crippen LogP contribution in [0, 0.1) is 0 Å². The molecule has 3 aliphatic rings. The van der Waals surface area contributed by atoms with Gasteiger partial charge in [0.05, 0.1) is 32.4 Å². The summed E-state index contributed by atoms with van der Waals surface area (Å²) in [6, 6.07) is 2.32. The minimum Gasteiger partial charge on any atom is -0.377 e. The standard InChI is InChI=1S/C16H24N4O3/c21-15(18-13-2-3-13)19-8-9-22-12-16(11-19)5-4-14(23-16)10-20-7-1-6-17-20/h1,6-7,13-14H,2-5,8-12H2,(H,18,21). The SMILES string of the molecule is O=C(NC1CC1)N1CCOCC2(CCC(Cn3cccn3)O2)C1. The van der Waals surface area contributed by atoms with E-state index in [0.717, 1.165) is 32.2 Å². The number of nitrogens with zero attached hydrogens (tertiary/aromatic N) is 3. The quantitative estimate of drug-likeness (QED) is 0.902. The lowest BCUT2D eigenvalue weighted by molar-refractivity contribution is -0.0876. The van der Waals surface area contributed by atoms with Crippen LogP contribution in [0.5, 0.6) is 0 Å². The largest absolute Gasteiger partial charge is 0.377 e. The summed E-state index contributed by atoms with van der Waals surface area (Å²) in [5, 5.41) is 7.31. The first-order valence-electron chi connectivity index (χ1n) is 8.51. The highest BCUT2D eigenvalue weighted by atomic mass is 16.6. The van der Waals surface area contributed by atoms with Crippen LogP contribution in [0.3, 0.4) is 0 Å². The van der Waals surface area contributed by atoms with Crippen LogP contribution in [-0.2, 0) is 16.0 Å². The number of rotatable bonds is 3. The molecular weight excluding hydrogens is 296 g/mol. The van der Waals surface area contributed by atoms with Gasteiger partial charge in [-0.3, -0.25) is 4.68 Å². The third-order valence-corrected chi connectivity index (χ3v) is 4.83. The van der Waals surface area contributed by atoms with E-state index in [1.54, 1.807) is 6.20 Å². The maximum atomic E-state index is 12.4. The number of urea groups is 1. The van der Waals surface area contributed by atoms with E-state index in [1.165, 1.54) is 0 Å². The number of amides is 2. The molecular formula is C16H24N4O3. The van der Waals surface area contributed by atoms with Crippen molar-refractivity contribution in [3.8, 4) is 0 Å². The second kappa shape index (κ2) is 6.13. The second-order valence-corrected chi connectivity index (χ2v) is 6.89. The first-order chi connectivity index (χ1) is 11.2. The molecule has 126 valence electrons. The molecule has 2 amide bonds. The summed E-state index contributed by atoms with van der Waals surface area (Å²) in [6.07, 6.45) is 7.96. The van der Waals surface area contributed by atoms with Crippen LogP contribution < -0.4 is 5.32 Å². The number of hydrogen-bond acceptors (Lipinski definition) is 4. The molecule has 4 rings (SSSR count). The van der Waals surface area contributed by atoms with Gasteiger partial charge >= 0.3 is 6.03 Å². The number of hydrogen-bond donors (Lipinski definition) is 1. The molecule has 0 radical (unpaired) electrons. The van der Waals surface area contributed by atoms with E-state index < -0.39 is 0 Å². The zero-order chi connectivity index (χ0) is 15.7. The molecule has 1 N–H and O–H groups in total. The van der Waals surface area contributed by atoms with Crippen LogP contribution in [0.25, 0.3) is 0 Å². The second-order valence-electron chi connectivity index (χ2n) is 6.89. The van der Waals surface area contributed by atoms with E-state index in [-0.39, 0.29) is 17.7 Å². The fraction of sp³-hybridized carbons (Fsp3) is 0.750. The molecule has 2 atom stereocenters. The number of carbonyl (C=O) groups is 1. The van der Waals surface area contributed by atoms with Crippen molar-refractivity contribution >= 4 is 6.03 Å². The lowest BCUT2D eigenvalue weighted by Gasteiger charge is -2.32. The van der Waals surface area contributed by atoms with E-state index in [0.29, 0.717) is 32.3 Å². The topological polar surface area (TPSA) is 68.6 Å². The summed E-state index contributed by atoms with van der Waals surface area (Å²) in [5.41, 5.74) is -0.366. The monoisotopic (exact) mass is 320 g/mol. The summed E-state index contributed by atoms with van der Waals surface area (Å²) in [7, 11) is 0. The van der Waals surface area contributed by atoms with Crippen LogP contribution in [0.4, 0.5) is 4.79 Å². The van der Waals surface area contributed by atoms with Gasteiger partial charge in [-0.05, 0) is 31.7 Å². The third-order valence-electron chi connectivity index (χ3n) is 4.83. The Bertz CT molecular complexity index is 546. The molecule has 3 fully saturated rings. The smallest absolute Gasteiger partial charge is 0.317 e. The summed E-state index contributed by atoms with van der Waals surface area (Å²) >= 11 is 0. The highest BCUT2D eigenvalue weighted by Crippen LogP contribution is 2.33. The summed E-state index contributed by atoms with van der Waals surface area (Å²) in [5.74, 6) is 0. The van der Waals surface area contributed by atoms with E-state index in [9.17, 15) is 4.79 Å². The van der Waals surface area contributed by atoms with Crippen molar-refractivity contribution in [3.05, 3.63) is 18.5 Å². The maximum absolute atomic E-state index is 12.4. The van der Waals surface area contributed by atoms with Crippen molar-refractivity contribution in [1.82, 2.24) is 20.0 Å². The van der Waals surface area contributed by atoms with Gasteiger partial charge in [-0.1, -0.05) is 0 Å². The molecule has 2 unspecified atom stereocenters. The Morgan fingerprint density at radius 3 is 3.09 bits per heavy atom. The van der Waals surface area contributed by atoms with Crippen LogP contribution in [0.1, 0.15) is 25.7 Å².